The van der Waals surface area contributed by atoms with E-state index < -0.39 is 0 Å². The molecule has 0 bridgehead atoms. The van der Waals surface area contributed by atoms with Crippen molar-refractivity contribution in [3.8, 4) is 0 Å². The average molecular weight is 469 g/mol. The highest BCUT2D eigenvalue weighted by Gasteiger charge is 2.21. The zero-order valence-electron chi connectivity index (χ0n) is 15.2. The van der Waals surface area contributed by atoms with Crippen LogP contribution in [0.15, 0.2) is 47.5 Å². The molecule has 26 heavy (non-hydrogen) atoms. The standard InChI is InChI=1S/C19H24FN5.HI/c1-15-6-5-7-16(23-15)14-22-19(21-2)25-12-10-24(11-13-25)18-9-4-3-8-17(18)20;/h3-9H,10-14H2,1-2H3,(H,21,22);1H. The molecule has 1 aromatic heterocycles. The number of halogens is 2. The van der Waals surface area contributed by atoms with Crippen molar-refractivity contribution in [1.29, 1.82) is 0 Å². The molecule has 5 nitrogen and oxygen atoms in total. The molecule has 1 aliphatic heterocycles. The number of hydrogen-bond donors (Lipinski definition) is 1. The molecule has 0 atom stereocenters. The van der Waals surface area contributed by atoms with Crippen LogP contribution in [-0.2, 0) is 6.54 Å². The Labute approximate surface area is 171 Å². The number of pyridine rings is 1. The summed E-state index contributed by atoms with van der Waals surface area (Å²) in [5.74, 6) is 0.695. The van der Waals surface area contributed by atoms with E-state index in [1.165, 1.54) is 6.07 Å². The van der Waals surface area contributed by atoms with Crippen LogP contribution in [0.1, 0.15) is 11.4 Å². The molecule has 0 amide bonds. The summed E-state index contributed by atoms with van der Waals surface area (Å²) >= 11 is 0. The van der Waals surface area contributed by atoms with Gasteiger partial charge in [0.25, 0.3) is 0 Å². The number of para-hydroxylation sites is 1. The summed E-state index contributed by atoms with van der Waals surface area (Å²) in [5, 5.41) is 3.37. The summed E-state index contributed by atoms with van der Waals surface area (Å²) in [6.07, 6.45) is 0. The van der Waals surface area contributed by atoms with Gasteiger partial charge in [0.05, 0.1) is 17.9 Å². The fourth-order valence-electron chi connectivity index (χ4n) is 3.07. The summed E-state index contributed by atoms with van der Waals surface area (Å²) in [4.78, 5) is 13.2. The number of benzene rings is 1. The lowest BCUT2D eigenvalue weighted by atomic mass is 10.2. The second kappa shape index (κ2) is 9.70. The number of guanidine groups is 1. The molecular formula is C19H25FIN5. The minimum atomic E-state index is -0.163. The molecule has 0 spiro atoms. The number of aromatic nitrogens is 1. The normalized spacial score (nSPS) is 14.8. The summed E-state index contributed by atoms with van der Waals surface area (Å²) in [6, 6.07) is 12.9. The van der Waals surface area contributed by atoms with Gasteiger partial charge >= 0.3 is 0 Å². The SMILES string of the molecule is CN=C(NCc1cccc(C)n1)N1CCN(c2ccccc2F)CC1.I. The number of piperazine rings is 1. The molecule has 0 unspecified atom stereocenters. The van der Waals surface area contributed by atoms with Crippen LogP contribution in [0.2, 0.25) is 0 Å². The van der Waals surface area contributed by atoms with Gasteiger partial charge in [0, 0.05) is 38.9 Å². The summed E-state index contributed by atoms with van der Waals surface area (Å²) in [7, 11) is 1.79. The Morgan fingerprint density at radius 3 is 2.50 bits per heavy atom. The Morgan fingerprint density at radius 2 is 1.85 bits per heavy atom. The quantitative estimate of drug-likeness (QED) is 0.427. The van der Waals surface area contributed by atoms with Crippen molar-refractivity contribution in [1.82, 2.24) is 15.2 Å². The average Bonchev–Trinajstić information content (AvgIpc) is 2.63. The van der Waals surface area contributed by atoms with E-state index >= 15 is 0 Å². The number of aliphatic imine (C=N–C) groups is 1. The van der Waals surface area contributed by atoms with Gasteiger partial charge in [0.15, 0.2) is 5.96 Å². The van der Waals surface area contributed by atoms with Gasteiger partial charge in [-0.05, 0) is 31.2 Å². The fraction of sp³-hybridized carbons (Fsp3) is 0.368. The van der Waals surface area contributed by atoms with E-state index in [0.717, 1.165) is 43.5 Å². The van der Waals surface area contributed by atoms with E-state index in [1.807, 2.05) is 37.3 Å². The second-order valence-electron chi connectivity index (χ2n) is 6.10. The van der Waals surface area contributed by atoms with Crippen LogP contribution in [-0.4, -0.2) is 49.1 Å². The van der Waals surface area contributed by atoms with Gasteiger partial charge in [-0.25, -0.2) is 4.39 Å². The van der Waals surface area contributed by atoms with E-state index in [1.54, 1.807) is 13.1 Å². The maximum absolute atomic E-state index is 13.9. The van der Waals surface area contributed by atoms with Gasteiger partial charge in [-0.15, -0.1) is 24.0 Å². The van der Waals surface area contributed by atoms with Crippen LogP contribution in [0.5, 0.6) is 0 Å². The third-order valence-electron chi connectivity index (χ3n) is 4.36. The van der Waals surface area contributed by atoms with Crippen molar-refractivity contribution in [2.75, 3.05) is 38.1 Å². The van der Waals surface area contributed by atoms with Crippen LogP contribution < -0.4 is 10.2 Å². The first-order valence-corrected chi connectivity index (χ1v) is 8.55. The van der Waals surface area contributed by atoms with Crippen LogP contribution in [0.3, 0.4) is 0 Å². The van der Waals surface area contributed by atoms with E-state index in [2.05, 4.69) is 25.1 Å². The lowest BCUT2D eigenvalue weighted by Crippen LogP contribution is -2.52. The maximum atomic E-state index is 13.9. The van der Waals surface area contributed by atoms with Crippen LogP contribution in [0.4, 0.5) is 10.1 Å². The highest BCUT2D eigenvalue weighted by Crippen LogP contribution is 2.20. The Balaban J connectivity index is 0.00000243. The van der Waals surface area contributed by atoms with Crippen LogP contribution in [0, 0.1) is 12.7 Å². The lowest BCUT2D eigenvalue weighted by molar-refractivity contribution is 0.370. The third kappa shape index (κ3) is 5.06. The topological polar surface area (TPSA) is 43.8 Å². The van der Waals surface area contributed by atoms with Gasteiger partial charge in [0.1, 0.15) is 5.82 Å². The Bertz CT molecular complexity index is 744. The van der Waals surface area contributed by atoms with E-state index in [-0.39, 0.29) is 29.8 Å². The minimum absolute atomic E-state index is 0. The fourth-order valence-corrected chi connectivity index (χ4v) is 3.07. The number of aryl methyl sites for hydroxylation is 1. The van der Waals surface area contributed by atoms with Crippen molar-refractivity contribution in [3.05, 3.63) is 59.7 Å². The monoisotopic (exact) mass is 469 g/mol. The van der Waals surface area contributed by atoms with Crippen molar-refractivity contribution >= 4 is 35.6 Å². The molecule has 0 aliphatic carbocycles. The molecule has 2 aromatic rings. The van der Waals surface area contributed by atoms with E-state index in [9.17, 15) is 4.39 Å². The number of rotatable bonds is 3. The van der Waals surface area contributed by atoms with Gasteiger partial charge in [0.2, 0.25) is 0 Å². The summed E-state index contributed by atoms with van der Waals surface area (Å²) in [6.45, 7) is 5.77. The molecule has 3 rings (SSSR count). The first kappa shape index (κ1) is 20.4. The molecule has 0 radical (unpaired) electrons. The number of anilines is 1. The van der Waals surface area contributed by atoms with E-state index in [4.69, 9.17) is 0 Å². The minimum Gasteiger partial charge on any atom is -0.366 e. The number of nitrogens with one attached hydrogen (secondary N) is 1. The molecule has 1 aliphatic rings. The number of nitrogens with zero attached hydrogens (tertiary/aromatic N) is 4. The molecule has 1 saturated heterocycles. The molecule has 1 fully saturated rings. The molecule has 1 aromatic carbocycles. The van der Waals surface area contributed by atoms with Crippen molar-refractivity contribution in [2.45, 2.75) is 13.5 Å². The van der Waals surface area contributed by atoms with Crippen molar-refractivity contribution in [3.63, 3.8) is 0 Å². The predicted molar refractivity (Wildman–Crippen MR) is 115 cm³/mol. The number of hydrogen-bond acceptors (Lipinski definition) is 3. The molecule has 0 saturated carbocycles. The van der Waals surface area contributed by atoms with Crippen LogP contribution in [0.25, 0.3) is 0 Å². The zero-order chi connectivity index (χ0) is 17.6. The van der Waals surface area contributed by atoms with Gasteiger partial charge in [-0.1, -0.05) is 18.2 Å². The van der Waals surface area contributed by atoms with Gasteiger partial charge in [-0.2, -0.15) is 0 Å². The molecule has 2 heterocycles. The maximum Gasteiger partial charge on any atom is 0.194 e. The molecule has 7 heteroatoms. The Hall–Kier alpha value is -1.90. The smallest absolute Gasteiger partial charge is 0.194 e. The molecular weight excluding hydrogens is 444 g/mol. The van der Waals surface area contributed by atoms with Gasteiger partial charge < -0.3 is 15.1 Å². The molecule has 1 N–H and O–H groups in total. The Morgan fingerprint density at radius 1 is 1.12 bits per heavy atom. The van der Waals surface area contributed by atoms with Gasteiger partial charge in [-0.3, -0.25) is 9.98 Å². The first-order valence-electron chi connectivity index (χ1n) is 8.55. The highest BCUT2D eigenvalue weighted by molar-refractivity contribution is 14.0. The largest absolute Gasteiger partial charge is 0.366 e. The van der Waals surface area contributed by atoms with Crippen molar-refractivity contribution in [2.24, 2.45) is 4.99 Å². The Kier molecular flexibility index (Phi) is 7.62. The second-order valence-corrected chi connectivity index (χ2v) is 6.10. The van der Waals surface area contributed by atoms with Crippen molar-refractivity contribution < 1.29 is 4.39 Å². The van der Waals surface area contributed by atoms with Crippen LogP contribution >= 0.6 is 24.0 Å². The predicted octanol–water partition coefficient (Wildman–Crippen LogP) is 3.04. The highest BCUT2D eigenvalue weighted by atomic mass is 127. The lowest BCUT2D eigenvalue weighted by Gasteiger charge is -2.37. The first-order chi connectivity index (χ1) is 12.2. The summed E-state index contributed by atoms with van der Waals surface area (Å²) < 4.78 is 13.9. The molecule has 140 valence electrons. The third-order valence-corrected chi connectivity index (χ3v) is 4.36. The van der Waals surface area contributed by atoms with E-state index in [0.29, 0.717) is 12.2 Å². The zero-order valence-corrected chi connectivity index (χ0v) is 17.5. The summed E-state index contributed by atoms with van der Waals surface area (Å²) in [5.41, 5.74) is 2.67.